The van der Waals surface area contributed by atoms with E-state index >= 15 is 0 Å². The number of hydrogen-bond acceptors (Lipinski definition) is 3. The van der Waals surface area contributed by atoms with Crippen molar-refractivity contribution in [3.63, 3.8) is 0 Å². The number of benzene rings is 2. The lowest BCUT2D eigenvalue weighted by Crippen LogP contribution is -2.42. The van der Waals surface area contributed by atoms with Crippen LogP contribution in [0.1, 0.15) is 43.2 Å². The van der Waals surface area contributed by atoms with Gasteiger partial charge in [-0.25, -0.2) is 0 Å². The zero-order valence-corrected chi connectivity index (χ0v) is 15.7. The first-order chi connectivity index (χ1) is 13.3. The minimum atomic E-state index is 0.0626. The Morgan fingerprint density at radius 1 is 0.926 bits per heavy atom. The molecule has 1 N–H and O–H groups in total. The van der Waals surface area contributed by atoms with Crippen LogP contribution in [0.2, 0.25) is 0 Å². The standard InChI is InChI=1S/C23H27NO3/c25-22(16-18-9-10-20-21(15-18)27-14-13-26-20)24-17-23(11-5-2-6-12-23)19-7-3-1-4-8-19/h1,3-4,7-10,15H,2,5-6,11-14,16-17H2,(H,24,25). The highest BCUT2D eigenvalue weighted by molar-refractivity contribution is 5.79. The van der Waals surface area contributed by atoms with Gasteiger partial charge in [0, 0.05) is 12.0 Å². The smallest absolute Gasteiger partial charge is 0.224 e. The molecule has 142 valence electrons. The molecular formula is C23H27NO3. The summed E-state index contributed by atoms with van der Waals surface area (Å²) in [7, 11) is 0. The molecule has 1 saturated carbocycles. The highest BCUT2D eigenvalue weighted by Crippen LogP contribution is 2.39. The maximum atomic E-state index is 12.6. The van der Waals surface area contributed by atoms with Crippen LogP contribution in [0.25, 0.3) is 0 Å². The Balaban J connectivity index is 1.41. The van der Waals surface area contributed by atoms with Crippen molar-refractivity contribution in [3.8, 4) is 11.5 Å². The van der Waals surface area contributed by atoms with Gasteiger partial charge >= 0.3 is 0 Å². The molecule has 0 saturated heterocycles. The molecule has 0 atom stereocenters. The minimum Gasteiger partial charge on any atom is -0.486 e. The number of amides is 1. The third-order valence-corrected chi connectivity index (χ3v) is 5.79. The Hall–Kier alpha value is -2.49. The Morgan fingerprint density at radius 3 is 2.44 bits per heavy atom. The fraction of sp³-hybridized carbons (Fsp3) is 0.435. The van der Waals surface area contributed by atoms with Gasteiger partial charge in [0.1, 0.15) is 13.2 Å². The van der Waals surface area contributed by atoms with E-state index in [4.69, 9.17) is 9.47 Å². The van der Waals surface area contributed by atoms with Crippen LogP contribution in [0.15, 0.2) is 48.5 Å². The molecule has 0 aromatic heterocycles. The van der Waals surface area contributed by atoms with Gasteiger partial charge in [-0.2, -0.15) is 0 Å². The Bertz CT molecular complexity index is 781. The van der Waals surface area contributed by atoms with Gasteiger partial charge in [0.2, 0.25) is 5.91 Å². The second kappa shape index (κ2) is 8.03. The molecular weight excluding hydrogens is 338 g/mol. The maximum absolute atomic E-state index is 12.6. The van der Waals surface area contributed by atoms with Crippen molar-refractivity contribution in [2.24, 2.45) is 0 Å². The van der Waals surface area contributed by atoms with Gasteiger partial charge in [0.25, 0.3) is 0 Å². The van der Waals surface area contributed by atoms with E-state index in [0.29, 0.717) is 26.2 Å². The van der Waals surface area contributed by atoms with Crippen molar-refractivity contribution >= 4 is 5.91 Å². The molecule has 27 heavy (non-hydrogen) atoms. The predicted molar refractivity (Wildman–Crippen MR) is 105 cm³/mol. The van der Waals surface area contributed by atoms with Gasteiger partial charge in [0.05, 0.1) is 6.42 Å². The fourth-order valence-corrected chi connectivity index (χ4v) is 4.30. The summed E-state index contributed by atoms with van der Waals surface area (Å²) >= 11 is 0. The van der Waals surface area contributed by atoms with E-state index in [1.165, 1.54) is 24.8 Å². The molecule has 0 radical (unpaired) electrons. The highest BCUT2D eigenvalue weighted by atomic mass is 16.6. The van der Waals surface area contributed by atoms with Crippen LogP contribution >= 0.6 is 0 Å². The number of nitrogens with one attached hydrogen (secondary N) is 1. The molecule has 1 heterocycles. The lowest BCUT2D eigenvalue weighted by Gasteiger charge is -2.38. The quantitative estimate of drug-likeness (QED) is 0.871. The van der Waals surface area contributed by atoms with Crippen LogP contribution in [-0.4, -0.2) is 25.7 Å². The molecule has 4 heteroatoms. The second-order valence-corrected chi connectivity index (χ2v) is 7.64. The third-order valence-electron chi connectivity index (χ3n) is 5.79. The molecule has 2 aliphatic rings. The normalized spacial score (nSPS) is 17.9. The van der Waals surface area contributed by atoms with Gasteiger partial charge in [-0.1, -0.05) is 55.7 Å². The van der Waals surface area contributed by atoms with Crippen molar-refractivity contribution in [2.75, 3.05) is 19.8 Å². The monoisotopic (exact) mass is 365 g/mol. The summed E-state index contributed by atoms with van der Waals surface area (Å²) in [6.45, 7) is 1.84. The lowest BCUT2D eigenvalue weighted by atomic mass is 9.69. The summed E-state index contributed by atoms with van der Waals surface area (Å²) in [4.78, 5) is 12.6. The van der Waals surface area contributed by atoms with Crippen molar-refractivity contribution in [1.82, 2.24) is 5.32 Å². The van der Waals surface area contributed by atoms with Crippen molar-refractivity contribution < 1.29 is 14.3 Å². The summed E-state index contributed by atoms with van der Waals surface area (Å²) < 4.78 is 11.2. The van der Waals surface area contributed by atoms with Crippen LogP contribution < -0.4 is 14.8 Å². The average molecular weight is 365 g/mol. The number of carbonyl (C=O) groups excluding carboxylic acids is 1. The first-order valence-corrected chi connectivity index (χ1v) is 9.96. The van der Waals surface area contributed by atoms with Crippen molar-refractivity contribution in [2.45, 2.75) is 43.9 Å². The number of ether oxygens (including phenoxy) is 2. The number of carbonyl (C=O) groups is 1. The molecule has 0 unspecified atom stereocenters. The number of hydrogen-bond donors (Lipinski definition) is 1. The van der Waals surface area contributed by atoms with Gasteiger partial charge in [0.15, 0.2) is 11.5 Å². The zero-order chi connectivity index (χ0) is 18.5. The Kier molecular flexibility index (Phi) is 5.33. The fourth-order valence-electron chi connectivity index (χ4n) is 4.30. The molecule has 1 aliphatic carbocycles. The second-order valence-electron chi connectivity index (χ2n) is 7.64. The van der Waals surface area contributed by atoms with Crippen LogP contribution in [0.4, 0.5) is 0 Å². The largest absolute Gasteiger partial charge is 0.486 e. The first kappa shape index (κ1) is 17.9. The molecule has 0 bridgehead atoms. The molecule has 4 rings (SSSR count). The van der Waals surface area contributed by atoms with E-state index in [0.717, 1.165) is 29.9 Å². The van der Waals surface area contributed by atoms with Crippen LogP contribution in [-0.2, 0) is 16.6 Å². The first-order valence-electron chi connectivity index (χ1n) is 9.96. The van der Waals surface area contributed by atoms with E-state index in [2.05, 4.69) is 35.6 Å². The summed E-state index contributed by atoms with van der Waals surface area (Å²) in [5, 5.41) is 3.21. The SMILES string of the molecule is O=C(Cc1ccc2c(c1)OCCO2)NCC1(c2ccccc2)CCCCC1. The topological polar surface area (TPSA) is 47.6 Å². The van der Waals surface area contributed by atoms with Gasteiger partial charge < -0.3 is 14.8 Å². The molecule has 2 aromatic rings. The van der Waals surface area contributed by atoms with Gasteiger partial charge in [-0.05, 0) is 36.1 Å². The summed E-state index contributed by atoms with van der Waals surface area (Å²) in [5.41, 5.74) is 2.38. The van der Waals surface area contributed by atoms with Crippen molar-refractivity contribution in [3.05, 3.63) is 59.7 Å². The molecule has 0 spiro atoms. The average Bonchev–Trinajstić information content (AvgIpc) is 2.73. The summed E-state index contributed by atoms with van der Waals surface area (Å²) in [6.07, 6.45) is 6.39. The molecule has 1 fully saturated rings. The number of fused-ring (bicyclic) bond motifs is 1. The zero-order valence-electron chi connectivity index (χ0n) is 15.7. The Morgan fingerprint density at radius 2 is 1.67 bits per heavy atom. The van der Waals surface area contributed by atoms with E-state index in [1.54, 1.807) is 0 Å². The minimum absolute atomic E-state index is 0.0626. The van der Waals surface area contributed by atoms with Gasteiger partial charge in [-0.3, -0.25) is 4.79 Å². The summed E-state index contributed by atoms with van der Waals surface area (Å²) in [6, 6.07) is 16.4. The van der Waals surface area contributed by atoms with E-state index in [1.807, 2.05) is 18.2 Å². The molecule has 1 aliphatic heterocycles. The number of rotatable bonds is 5. The summed E-state index contributed by atoms with van der Waals surface area (Å²) in [5.74, 6) is 1.56. The molecule has 2 aromatic carbocycles. The molecule has 4 nitrogen and oxygen atoms in total. The van der Waals surface area contributed by atoms with Crippen LogP contribution in [0.5, 0.6) is 11.5 Å². The Labute approximate surface area is 160 Å². The third kappa shape index (κ3) is 4.10. The van der Waals surface area contributed by atoms with E-state index in [-0.39, 0.29) is 11.3 Å². The van der Waals surface area contributed by atoms with Crippen molar-refractivity contribution in [1.29, 1.82) is 0 Å². The van der Waals surface area contributed by atoms with Gasteiger partial charge in [-0.15, -0.1) is 0 Å². The maximum Gasteiger partial charge on any atom is 0.224 e. The van der Waals surface area contributed by atoms with Crippen LogP contribution in [0, 0.1) is 0 Å². The molecule has 1 amide bonds. The van der Waals surface area contributed by atoms with Crippen LogP contribution in [0.3, 0.4) is 0 Å². The highest BCUT2D eigenvalue weighted by Gasteiger charge is 2.34. The predicted octanol–water partition coefficient (Wildman–Crippen LogP) is 4.02. The van der Waals surface area contributed by atoms with E-state index < -0.39 is 0 Å². The van der Waals surface area contributed by atoms with E-state index in [9.17, 15) is 4.79 Å². The lowest BCUT2D eigenvalue weighted by molar-refractivity contribution is -0.120.